The molecule has 1 saturated carbocycles. The van der Waals surface area contributed by atoms with Gasteiger partial charge < -0.3 is 0 Å². The Balaban J connectivity index is 1.61. The number of benzene rings is 3. The summed E-state index contributed by atoms with van der Waals surface area (Å²) in [5.41, 5.74) is 6.04. The van der Waals surface area contributed by atoms with Gasteiger partial charge in [0.05, 0.1) is 23.0 Å². The molecular weight excluding hydrogens is 430 g/mol. The van der Waals surface area contributed by atoms with Gasteiger partial charge in [-0.25, -0.2) is 4.98 Å². The lowest BCUT2D eigenvalue weighted by Crippen LogP contribution is -2.29. The molecule has 1 heterocycles. The van der Waals surface area contributed by atoms with Gasteiger partial charge in [-0.2, -0.15) is 5.26 Å². The van der Waals surface area contributed by atoms with Gasteiger partial charge in [-0.15, -0.1) is 0 Å². The first-order valence-electron chi connectivity index (χ1n) is 12.5. The van der Waals surface area contributed by atoms with Crippen molar-refractivity contribution < 1.29 is 0 Å². The Kier molecular flexibility index (Phi) is 6.59. The van der Waals surface area contributed by atoms with E-state index < -0.39 is 0 Å². The highest BCUT2D eigenvalue weighted by Gasteiger charge is 2.31. The number of unbranched alkanes of at least 4 members (excludes halogenated alkanes) is 1. The molecule has 0 aliphatic heterocycles. The van der Waals surface area contributed by atoms with Gasteiger partial charge in [0.2, 0.25) is 0 Å². The molecule has 0 bridgehead atoms. The maximum absolute atomic E-state index is 14.0. The Morgan fingerprint density at radius 2 is 1.71 bits per heavy atom. The summed E-state index contributed by atoms with van der Waals surface area (Å²) in [5.74, 6) is 1.25. The molecular formula is C31H29N3O. The standard InChI is InChI=1S/C31H29N3O/c1-2-3-14-29-28(20-22-15-18-27(25(19-22)21-32)23-10-6-4-7-11-23)31(35)34(26-12-8-5-9-13-26)30(33-29)24-16-17-24/h4-13,15,18-19,24H,2-3,14,16-17,20H2,1H3. The second-order valence-corrected chi connectivity index (χ2v) is 9.28. The zero-order valence-corrected chi connectivity index (χ0v) is 20.1. The van der Waals surface area contributed by atoms with Crippen molar-refractivity contribution in [1.82, 2.24) is 9.55 Å². The highest BCUT2D eigenvalue weighted by atomic mass is 16.1. The lowest BCUT2D eigenvalue weighted by Gasteiger charge is -2.18. The first-order chi connectivity index (χ1) is 17.2. The summed E-state index contributed by atoms with van der Waals surface area (Å²) in [6.45, 7) is 2.16. The molecule has 0 radical (unpaired) electrons. The number of rotatable bonds is 8. The molecule has 1 aliphatic carbocycles. The fourth-order valence-corrected chi connectivity index (χ4v) is 4.66. The summed E-state index contributed by atoms with van der Waals surface area (Å²) in [6, 6.07) is 28.1. The van der Waals surface area contributed by atoms with E-state index in [0.29, 0.717) is 17.9 Å². The van der Waals surface area contributed by atoms with Gasteiger partial charge in [0, 0.05) is 17.9 Å². The van der Waals surface area contributed by atoms with Gasteiger partial charge in [-0.1, -0.05) is 74.0 Å². The summed E-state index contributed by atoms with van der Waals surface area (Å²) >= 11 is 0. The molecule has 1 aliphatic rings. The Labute approximate surface area is 206 Å². The number of aryl methyl sites for hydroxylation is 1. The summed E-state index contributed by atoms with van der Waals surface area (Å²) in [4.78, 5) is 19.1. The molecule has 0 saturated heterocycles. The molecule has 3 aromatic carbocycles. The van der Waals surface area contributed by atoms with E-state index in [1.807, 2.05) is 83.4 Å². The minimum atomic E-state index is 0.0184. The Morgan fingerprint density at radius 3 is 2.37 bits per heavy atom. The number of hydrogen-bond acceptors (Lipinski definition) is 3. The van der Waals surface area contributed by atoms with Crippen LogP contribution < -0.4 is 5.56 Å². The maximum atomic E-state index is 14.0. The third kappa shape index (κ3) is 4.81. The molecule has 5 rings (SSSR count). The van der Waals surface area contributed by atoms with E-state index in [1.54, 1.807) is 0 Å². The zero-order chi connectivity index (χ0) is 24.2. The minimum Gasteiger partial charge on any atom is -0.269 e. The topological polar surface area (TPSA) is 58.7 Å². The lowest BCUT2D eigenvalue weighted by atomic mass is 9.95. The van der Waals surface area contributed by atoms with Crippen LogP contribution in [0.2, 0.25) is 0 Å². The van der Waals surface area contributed by atoms with Crippen molar-refractivity contribution in [2.45, 2.75) is 51.4 Å². The first kappa shape index (κ1) is 22.8. The highest BCUT2D eigenvalue weighted by Crippen LogP contribution is 2.39. The largest absolute Gasteiger partial charge is 0.269 e. The first-order valence-corrected chi connectivity index (χ1v) is 12.5. The SMILES string of the molecule is CCCCc1nc(C2CC2)n(-c2ccccc2)c(=O)c1Cc1ccc(-c2ccccc2)c(C#N)c1. The van der Waals surface area contributed by atoms with Crippen molar-refractivity contribution in [1.29, 1.82) is 5.26 Å². The number of aromatic nitrogens is 2. The number of para-hydroxylation sites is 1. The van der Waals surface area contributed by atoms with Gasteiger partial charge in [0.1, 0.15) is 5.82 Å². The molecule has 0 amide bonds. The number of nitriles is 1. The lowest BCUT2D eigenvalue weighted by molar-refractivity contribution is 0.715. The maximum Gasteiger partial charge on any atom is 0.261 e. The summed E-state index contributed by atoms with van der Waals surface area (Å²) in [6.07, 6.45) is 5.47. The molecule has 4 nitrogen and oxygen atoms in total. The molecule has 35 heavy (non-hydrogen) atoms. The third-order valence-corrected chi connectivity index (χ3v) is 6.68. The van der Waals surface area contributed by atoms with E-state index in [0.717, 1.165) is 71.6 Å². The average Bonchev–Trinajstić information content (AvgIpc) is 3.75. The summed E-state index contributed by atoms with van der Waals surface area (Å²) in [7, 11) is 0. The van der Waals surface area contributed by atoms with Gasteiger partial charge in [-0.3, -0.25) is 9.36 Å². The molecule has 1 aromatic heterocycles. The summed E-state index contributed by atoms with van der Waals surface area (Å²) < 4.78 is 1.83. The van der Waals surface area contributed by atoms with Crippen molar-refractivity contribution in [3.8, 4) is 22.9 Å². The predicted octanol–water partition coefficient (Wildman–Crippen LogP) is 6.58. The second-order valence-electron chi connectivity index (χ2n) is 9.28. The highest BCUT2D eigenvalue weighted by molar-refractivity contribution is 5.71. The van der Waals surface area contributed by atoms with Gasteiger partial charge in [-0.05, 0) is 60.6 Å². The second kappa shape index (κ2) is 10.1. The average molecular weight is 460 g/mol. The molecule has 0 spiro atoms. The molecule has 0 atom stereocenters. The summed E-state index contributed by atoms with van der Waals surface area (Å²) in [5, 5.41) is 9.86. The van der Waals surface area contributed by atoms with Crippen LogP contribution in [0.4, 0.5) is 0 Å². The van der Waals surface area contributed by atoms with E-state index in [2.05, 4.69) is 13.0 Å². The smallest absolute Gasteiger partial charge is 0.261 e. The molecule has 0 unspecified atom stereocenters. The minimum absolute atomic E-state index is 0.0184. The fourth-order valence-electron chi connectivity index (χ4n) is 4.66. The molecule has 4 aromatic rings. The van der Waals surface area contributed by atoms with Crippen LogP contribution in [0.1, 0.15) is 66.7 Å². The Bertz CT molecular complexity index is 1430. The number of nitrogens with zero attached hydrogens (tertiary/aromatic N) is 3. The predicted molar refractivity (Wildman–Crippen MR) is 140 cm³/mol. The van der Waals surface area contributed by atoms with Crippen LogP contribution >= 0.6 is 0 Å². The van der Waals surface area contributed by atoms with Crippen molar-refractivity contribution in [2.75, 3.05) is 0 Å². The third-order valence-electron chi connectivity index (χ3n) is 6.68. The van der Waals surface area contributed by atoms with Crippen molar-refractivity contribution in [2.24, 2.45) is 0 Å². The van der Waals surface area contributed by atoms with Crippen LogP contribution in [-0.4, -0.2) is 9.55 Å². The van der Waals surface area contributed by atoms with E-state index in [-0.39, 0.29) is 5.56 Å². The van der Waals surface area contributed by atoms with E-state index >= 15 is 0 Å². The van der Waals surface area contributed by atoms with E-state index in [9.17, 15) is 10.1 Å². The van der Waals surface area contributed by atoms with Crippen LogP contribution in [0.15, 0.2) is 83.7 Å². The van der Waals surface area contributed by atoms with Crippen LogP contribution in [0.5, 0.6) is 0 Å². The van der Waals surface area contributed by atoms with Crippen LogP contribution in [-0.2, 0) is 12.8 Å². The van der Waals surface area contributed by atoms with Crippen molar-refractivity contribution >= 4 is 0 Å². The van der Waals surface area contributed by atoms with Crippen LogP contribution in [0.25, 0.3) is 16.8 Å². The van der Waals surface area contributed by atoms with Crippen LogP contribution in [0.3, 0.4) is 0 Å². The van der Waals surface area contributed by atoms with E-state index in [1.165, 1.54) is 0 Å². The molecule has 0 N–H and O–H groups in total. The molecule has 1 fully saturated rings. The normalized spacial score (nSPS) is 12.9. The molecule has 4 heteroatoms. The Hall–Kier alpha value is -3.97. The van der Waals surface area contributed by atoms with Gasteiger partial charge in [0.25, 0.3) is 5.56 Å². The van der Waals surface area contributed by atoms with Gasteiger partial charge in [0.15, 0.2) is 0 Å². The quantitative estimate of drug-likeness (QED) is 0.299. The number of hydrogen-bond donors (Lipinski definition) is 0. The van der Waals surface area contributed by atoms with Crippen molar-refractivity contribution in [3.05, 3.63) is 117 Å². The fraction of sp³-hybridized carbons (Fsp3) is 0.258. The molecule has 174 valence electrons. The zero-order valence-electron chi connectivity index (χ0n) is 20.1. The monoisotopic (exact) mass is 459 g/mol. The van der Waals surface area contributed by atoms with Gasteiger partial charge >= 0.3 is 0 Å². The Morgan fingerprint density at radius 1 is 1.00 bits per heavy atom. The van der Waals surface area contributed by atoms with E-state index in [4.69, 9.17) is 4.98 Å². The van der Waals surface area contributed by atoms with Crippen LogP contribution in [0, 0.1) is 11.3 Å². The van der Waals surface area contributed by atoms with Crippen molar-refractivity contribution in [3.63, 3.8) is 0 Å².